The maximum atomic E-state index is 8.82. The van der Waals surface area contributed by atoms with E-state index in [9.17, 15) is 0 Å². The Hall–Kier alpha value is -0.590. The van der Waals surface area contributed by atoms with Crippen molar-refractivity contribution in [2.75, 3.05) is 26.2 Å². The zero-order valence-electron chi connectivity index (χ0n) is 10.2. The van der Waals surface area contributed by atoms with Crippen molar-refractivity contribution in [2.24, 2.45) is 5.41 Å². The van der Waals surface area contributed by atoms with Crippen LogP contribution < -0.4 is 0 Å². The summed E-state index contributed by atoms with van der Waals surface area (Å²) in [6.45, 7) is 6.37. The third-order valence-corrected chi connectivity index (χ3v) is 3.90. The number of hydrogen-bond donors (Lipinski definition) is 0. The van der Waals surface area contributed by atoms with Gasteiger partial charge in [0.25, 0.3) is 0 Å². The Morgan fingerprint density at radius 3 is 2.81 bits per heavy atom. The fourth-order valence-electron chi connectivity index (χ4n) is 2.59. The van der Waals surface area contributed by atoms with Gasteiger partial charge in [-0.25, -0.2) is 0 Å². The van der Waals surface area contributed by atoms with Crippen LogP contribution in [0.3, 0.4) is 0 Å². The molecule has 1 saturated heterocycles. The maximum Gasteiger partial charge on any atom is 0.0702 e. The molecule has 3 heteroatoms. The van der Waals surface area contributed by atoms with E-state index in [1.165, 1.54) is 25.7 Å². The van der Waals surface area contributed by atoms with Crippen LogP contribution in [0.1, 0.15) is 39.0 Å². The molecule has 0 aromatic carbocycles. The highest BCUT2D eigenvalue weighted by Crippen LogP contribution is 2.49. The molecular formula is C13H22N2O. The molecule has 1 atom stereocenters. The standard InChI is InChI=1S/C13H22N2O/c1-2-15(10-12-4-3-9-16-12)11-13(5-6-13)7-8-14/h12H,2-7,9-11H2,1H3. The number of hydrogen-bond acceptors (Lipinski definition) is 3. The zero-order valence-corrected chi connectivity index (χ0v) is 10.2. The number of rotatable bonds is 6. The minimum atomic E-state index is 0.337. The van der Waals surface area contributed by atoms with Gasteiger partial charge < -0.3 is 9.64 Å². The predicted octanol–water partition coefficient (Wildman–Crippen LogP) is 2.18. The van der Waals surface area contributed by atoms with Crippen molar-refractivity contribution in [1.29, 1.82) is 5.26 Å². The Kier molecular flexibility index (Phi) is 3.83. The van der Waals surface area contributed by atoms with Gasteiger partial charge in [-0.05, 0) is 37.6 Å². The zero-order chi connectivity index (χ0) is 11.4. The average molecular weight is 222 g/mol. The van der Waals surface area contributed by atoms with E-state index < -0.39 is 0 Å². The molecule has 0 N–H and O–H groups in total. The molecule has 2 rings (SSSR count). The van der Waals surface area contributed by atoms with Crippen molar-refractivity contribution >= 4 is 0 Å². The molecule has 1 aliphatic heterocycles. The molecule has 3 nitrogen and oxygen atoms in total. The molecule has 1 saturated carbocycles. The van der Waals surface area contributed by atoms with Crippen molar-refractivity contribution in [3.8, 4) is 6.07 Å². The van der Waals surface area contributed by atoms with Crippen LogP contribution in [0.4, 0.5) is 0 Å². The number of likely N-dealkylation sites (N-methyl/N-ethyl adjacent to an activating group) is 1. The monoisotopic (exact) mass is 222 g/mol. The first-order valence-corrected chi connectivity index (χ1v) is 6.49. The van der Waals surface area contributed by atoms with Gasteiger partial charge in [-0.3, -0.25) is 0 Å². The lowest BCUT2D eigenvalue weighted by Gasteiger charge is -2.27. The lowest BCUT2D eigenvalue weighted by atomic mass is 10.0. The summed E-state index contributed by atoms with van der Waals surface area (Å²) in [7, 11) is 0. The number of nitriles is 1. The van der Waals surface area contributed by atoms with Crippen LogP contribution in [-0.2, 0) is 4.74 Å². The highest BCUT2D eigenvalue weighted by atomic mass is 16.5. The summed E-state index contributed by atoms with van der Waals surface area (Å²) in [6.07, 6.45) is 6.07. The van der Waals surface area contributed by atoms with E-state index in [0.717, 1.165) is 32.7 Å². The van der Waals surface area contributed by atoms with E-state index in [0.29, 0.717) is 11.5 Å². The first-order chi connectivity index (χ1) is 7.78. The fourth-order valence-corrected chi connectivity index (χ4v) is 2.59. The topological polar surface area (TPSA) is 36.3 Å². The van der Waals surface area contributed by atoms with E-state index in [1.54, 1.807) is 0 Å². The van der Waals surface area contributed by atoms with Crippen molar-refractivity contribution in [3.63, 3.8) is 0 Å². The molecule has 0 bridgehead atoms. The van der Waals surface area contributed by atoms with Crippen molar-refractivity contribution in [3.05, 3.63) is 0 Å². The second-order valence-corrected chi connectivity index (χ2v) is 5.30. The highest BCUT2D eigenvalue weighted by molar-refractivity contribution is 5.01. The Morgan fingerprint density at radius 1 is 1.50 bits per heavy atom. The Bertz CT molecular complexity index is 262. The molecule has 2 fully saturated rings. The van der Waals surface area contributed by atoms with E-state index in [1.807, 2.05) is 0 Å². The molecule has 90 valence electrons. The first-order valence-electron chi connectivity index (χ1n) is 6.49. The number of ether oxygens (including phenoxy) is 1. The van der Waals surface area contributed by atoms with Gasteiger partial charge in [-0.1, -0.05) is 6.92 Å². The van der Waals surface area contributed by atoms with E-state index in [2.05, 4.69) is 17.9 Å². The molecule has 1 aliphatic carbocycles. The summed E-state index contributed by atoms with van der Waals surface area (Å²) in [5, 5.41) is 8.82. The Labute approximate surface area is 98.4 Å². The predicted molar refractivity (Wildman–Crippen MR) is 63.0 cm³/mol. The van der Waals surface area contributed by atoms with Crippen molar-refractivity contribution in [2.45, 2.75) is 45.1 Å². The van der Waals surface area contributed by atoms with Gasteiger partial charge in [0.05, 0.1) is 12.2 Å². The van der Waals surface area contributed by atoms with Crippen LogP contribution in [0.15, 0.2) is 0 Å². The summed E-state index contributed by atoms with van der Waals surface area (Å²) in [5.41, 5.74) is 0.337. The molecule has 0 radical (unpaired) electrons. The minimum absolute atomic E-state index is 0.337. The van der Waals surface area contributed by atoms with Crippen LogP contribution in [0.2, 0.25) is 0 Å². The molecule has 16 heavy (non-hydrogen) atoms. The third kappa shape index (κ3) is 2.96. The fraction of sp³-hybridized carbons (Fsp3) is 0.923. The van der Waals surface area contributed by atoms with Gasteiger partial charge in [0.2, 0.25) is 0 Å². The molecule has 1 unspecified atom stereocenters. The Balaban J connectivity index is 1.79. The molecule has 1 heterocycles. The van der Waals surface area contributed by atoms with Crippen LogP contribution in [0.25, 0.3) is 0 Å². The third-order valence-electron chi connectivity index (χ3n) is 3.90. The molecule has 0 spiro atoms. The smallest absolute Gasteiger partial charge is 0.0702 e. The lowest BCUT2D eigenvalue weighted by molar-refractivity contribution is 0.0679. The van der Waals surface area contributed by atoms with Gasteiger partial charge in [0.15, 0.2) is 0 Å². The summed E-state index contributed by atoms with van der Waals surface area (Å²) >= 11 is 0. The summed E-state index contributed by atoms with van der Waals surface area (Å²) in [5.74, 6) is 0. The van der Waals surface area contributed by atoms with Crippen molar-refractivity contribution < 1.29 is 4.74 Å². The molecule has 0 amide bonds. The van der Waals surface area contributed by atoms with Gasteiger partial charge in [0, 0.05) is 26.1 Å². The molecule has 0 aromatic rings. The summed E-state index contributed by atoms with van der Waals surface area (Å²) in [4.78, 5) is 2.47. The van der Waals surface area contributed by atoms with Gasteiger partial charge in [-0.15, -0.1) is 0 Å². The van der Waals surface area contributed by atoms with Gasteiger partial charge >= 0.3 is 0 Å². The average Bonchev–Trinajstić information content (AvgIpc) is 2.84. The molecular weight excluding hydrogens is 200 g/mol. The van der Waals surface area contributed by atoms with E-state index in [-0.39, 0.29) is 0 Å². The highest BCUT2D eigenvalue weighted by Gasteiger charge is 2.43. The SMILES string of the molecule is CCN(CC1CCCO1)CC1(CC#N)CC1. The number of nitrogens with zero attached hydrogens (tertiary/aromatic N) is 2. The maximum absolute atomic E-state index is 8.82. The van der Waals surface area contributed by atoms with Crippen molar-refractivity contribution in [1.82, 2.24) is 4.90 Å². The van der Waals surface area contributed by atoms with Gasteiger partial charge in [0.1, 0.15) is 0 Å². The van der Waals surface area contributed by atoms with Gasteiger partial charge in [-0.2, -0.15) is 5.26 Å². The lowest BCUT2D eigenvalue weighted by Crippen LogP contribution is -2.36. The van der Waals surface area contributed by atoms with E-state index >= 15 is 0 Å². The molecule has 2 aliphatic rings. The van der Waals surface area contributed by atoms with Crippen LogP contribution >= 0.6 is 0 Å². The minimum Gasteiger partial charge on any atom is -0.377 e. The second-order valence-electron chi connectivity index (χ2n) is 5.30. The quantitative estimate of drug-likeness (QED) is 0.691. The Morgan fingerprint density at radius 2 is 2.31 bits per heavy atom. The summed E-state index contributed by atoms with van der Waals surface area (Å²) in [6, 6.07) is 2.34. The van der Waals surface area contributed by atoms with Crippen LogP contribution in [0.5, 0.6) is 0 Å². The normalized spacial score (nSPS) is 26.9. The molecule has 0 aromatic heterocycles. The second kappa shape index (κ2) is 5.16. The van der Waals surface area contributed by atoms with Crippen LogP contribution in [-0.4, -0.2) is 37.2 Å². The largest absolute Gasteiger partial charge is 0.377 e. The summed E-state index contributed by atoms with van der Waals surface area (Å²) < 4.78 is 5.67. The van der Waals surface area contributed by atoms with Crippen LogP contribution in [0, 0.1) is 16.7 Å². The van der Waals surface area contributed by atoms with E-state index in [4.69, 9.17) is 10.00 Å². The first kappa shape index (κ1) is 11.9.